The van der Waals surface area contributed by atoms with Crippen LogP contribution in [0.1, 0.15) is 15.6 Å². The number of rotatable bonds is 3. The lowest BCUT2D eigenvalue weighted by molar-refractivity contribution is 1.07. The predicted molar refractivity (Wildman–Crippen MR) is 85.7 cm³/mol. The van der Waals surface area contributed by atoms with E-state index in [-0.39, 0.29) is 0 Å². The number of nitrogens with zero attached hydrogens (tertiary/aromatic N) is 2. The van der Waals surface area contributed by atoms with E-state index in [2.05, 4.69) is 22.2 Å². The predicted octanol–water partition coefficient (Wildman–Crippen LogP) is 4.57. The highest BCUT2D eigenvalue weighted by Gasteiger charge is 2.07. The first-order chi connectivity index (χ1) is 9.65. The van der Waals surface area contributed by atoms with Crippen LogP contribution in [0, 0.1) is 13.8 Å². The minimum absolute atomic E-state index is 0.701. The molecule has 0 aliphatic rings. The number of fused-ring (bicyclic) bond motifs is 1. The maximum atomic E-state index is 6.19. The zero-order valence-corrected chi connectivity index (χ0v) is 12.8. The normalized spacial score (nSPS) is 10.9. The van der Waals surface area contributed by atoms with E-state index in [1.54, 1.807) is 17.5 Å². The van der Waals surface area contributed by atoms with Crippen molar-refractivity contribution < 1.29 is 0 Å². The van der Waals surface area contributed by atoms with Gasteiger partial charge in [-0.25, -0.2) is 4.98 Å². The van der Waals surface area contributed by atoms with Crippen LogP contribution in [-0.2, 0) is 6.54 Å². The number of aryl methyl sites for hydroxylation is 2. The summed E-state index contributed by atoms with van der Waals surface area (Å²) in [6, 6.07) is 7.73. The summed E-state index contributed by atoms with van der Waals surface area (Å²) in [4.78, 5) is 10.2. The lowest BCUT2D eigenvalue weighted by Crippen LogP contribution is -2.00. The van der Waals surface area contributed by atoms with Crippen molar-refractivity contribution in [1.82, 2.24) is 9.97 Å². The summed E-state index contributed by atoms with van der Waals surface area (Å²) in [5.41, 5.74) is 2.98. The van der Waals surface area contributed by atoms with Gasteiger partial charge in [0.2, 0.25) is 0 Å². The van der Waals surface area contributed by atoms with Gasteiger partial charge in [0.05, 0.1) is 28.5 Å². The SMILES string of the molecule is Cc1nc(CNc2ccc(Cl)c3cccnc23)sc1C. The fourth-order valence-electron chi connectivity index (χ4n) is 2.07. The minimum atomic E-state index is 0.701. The highest BCUT2D eigenvalue weighted by molar-refractivity contribution is 7.11. The maximum Gasteiger partial charge on any atom is 0.112 e. The van der Waals surface area contributed by atoms with E-state index >= 15 is 0 Å². The molecule has 2 aromatic heterocycles. The molecule has 3 aromatic rings. The molecular formula is C15H14ClN3S. The molecule has 0 atom stereocenters. The maximum absolute atomic E-state index is 6.19. The van der Waals surface area contributed by atoms with Crippen molar-refractivity contribution >= 4 is 39.5 Å². The lowest BCUT2D eigenvalue weighted by Gasteiger charge is -2.08. The second kappa shape index (κ2) is 5.38. The van der Waals surface area contributed by atoms with Gasteiger partial charge in [0.25, 0.3) is 0 Å². The average Bonchev–Trinajstić information content (AvgIpc) is 2.77. The Morgan fingerprint density at radius 1 is 1.25 bits per heavy atom. The summed E-state index contributed by atoms with van der Waals surface area (Å²) in [5, 5.41) is 6.17. The summed E-state index contributed by atoms with van der Waals surface area (Å²) in [6.07, 6.45) is 1.78. The summed E-state index contributed by atoms with van der Waals surface area (Å²) in [7, 11) is 0. The van der Waals surface area contributed by atoms with Crippen molar-refractivity contribution in [2.24, 2.45) is 0 Å². The number of nitrogens with one attached hydrogen (secondary N) is 1. The summed E-state index contributed by atoms with van der Waals surface area (Å²) in [6.45, 7) is 4.83. The highest BCUT2D eigenvalue weighted by atomic mass is 35.5. The van der Waals surface area contributed by atoms with Gasteiger partial charge in [0.15, 0.2) is 0 Å². The molecule has 0 saturated carbocycles. The number of halogens is 1. The van der Waals surface area contributed by atoms with Gasteiger partial charge in [0.1, 0.15) is 5.01 Å². The molecule has 1 N–H and O–H groups in total. The number of thiazole rings is 1. The van der Waals surface area contributed by atoms with Gasteiger partial charge in [-0.3, -0.25) is 4.98 Å². The zero-order chi connectivity index (χ0) is 14.1. The quantitative estimate of drug-likeness (QED) is 0.770. The molecule has 0 spiro atoms. The minimum Gasteiger partial charge on any atom is -0.377 e. The molecule has 0 unspecified atom stereocenters. The average molecular weight is 304 g/mol. The second-order valence-electron chi connectivity index (χ2n) is 4.60. The van der Waals surface area contributed by atoms with Crippen molar-refractivity contribution in [2.45, 2.75) is 20.4 Å². The smallest absolute Gasteiger partial charge is 0.112 e. The van der Waals surface area contributed by atoms with E-state index in [0.717, 1.165) is 32.3 Å². The molecule has 5 heteroatoms. The molecule has 0 radical (unpaired) electrons. The van der Waals surface area contributed by atoms with Crippen molar-refractivity contribution in [3.63, 3.8) is 0 Å². The third-order valence-corrected chi connectivity index (χ3v) is 4.62. The van der Waals surface area contributed by atoms with Crippen LogP contribution in [-0.4, -0.2) is 9.97 Å². The summed E-state index contributed by atoms with van der Waals surface area (Å²) in [5.74, 6) is 0. The van der Waals surface area contributed by atoms with Crippen LogP contribution in [0.4, 0.5) is 5.69 Å². The van der Waals surface area contributed by atoms with Crippen LogP contribution < -0.4 is 5.32 Å². The lowest BCUT2D eigenvalue weighted by atomic mass is 10.2. The monoisotopic (exact) mass is 303 g/mol. The molecule has 2 heterocycles. The Labute approximate surface area is 126 Å². The molecule has 0 aliphatic heterocycles. The van der Waals surface area contributed by atoms with E-state index in [0.29, 0.717) is 6.54 Å². The number of hydrogen-bond donors (Lipinski definition) is 1. The van der Waals surface area contributed by atoms with E-state index in [1.807, 2.05) is 31.2 Å². The largest absolute Gasteiger partial charge is 0.377 e. The molecule has 3 nitrogen and oxygen atoms in total. The Kier molecular flexibility index (Phi) is 3.59. The zero-order valence-electron chi connectivity index (χ0n) is 11.3. The van der Waals surface area contributed by atoms with Gasteiger partial charge in [-0.05, 0) is 38.1 Å². The highest BCUT2D eigenvalue weighted by Crippen LogP contribution is 2.28. The number of hydrogen-bond acceptors (Lipinski definition) is 4. The number of pyridine rings is 1. The Morgan fingerprint density at radius 3 is 2.85 bits per heavy atom. The van der Waals surface area contributed by atoms with Crippen molar-refractivity contribution in [3.05, 3.63) is 51.1 Å². The fourth-order valence-corrected chi connectivity index (χ4v) is 3.16. The van der Waals surface area contributed by atoms with Crippen LogP contribution in [0.25, 0.3) is 10.9 Å². The van der Waals surface area contributed by atoms with Crippen LogP contribution >= 0.6 is 22.9 Å². The fraction of sp³-hybridized carbons (Fsp3) is 0.200. The second-order valence-corrected chi connectivity index (χ2v) is 6.29. The van der Waals surface area contributed by atoms with Gasteiger partial charge in [0, 0.05) is 16.5 Å². The van der Waals surface area contributed by atoms with E-state index in [4.69, 9.17) is 11.6 Å². The molecule has 20 heavy (non-hydrogen) atoms. The molecular weight excluding hydrogens is 290 g/mol. The Morgan fingerprint density at radius 2 is 2.10 bits per heavy atom. The molecule has 3 rings (SSSR count). The van der Waals surface area contributed by atoms with Gasteiger partial charge < -0.3 is 5.32 Å². The van der Waals surface area contributed by atoms with Crippen molar-refractivity contribution in [1.29, 1.82) is 0 Å². The third-order valence-electron chi connectivity index (χ3n) is 3.22. The summed E-state index contributed by atoms with van der Waals surface area (Å²) < 4.78 is 0. The first-order valence-corrected chi connectivity index (χ1v) is 7.54. The van der Waals surface area contributed by atoms with E-state index < -0.39 is 0 Å². The number of anilines is 1. The van der Waals surface area contributed by atoms with Gasteiger partial charge in [-0.15, -0.1) is 11.3 Å². The van der Waals surface area contributed by atoms with E-state index in [1.165, 1.54) is 4.88 Å². The summed E-state index contributed by atoms with van der Waals surface area (Å²) >= 11 is 7.91. The molecule has 0 bridgehead atoms. The molecule has 0 saturated heterocycles. The first kappa shape index (κ1) is 13.3. The van der Waals surface area contributed by atoms with Crippen LogP contribution in [0.15, 0.2) is 30.5 Å². The Hall–Kier alpha value is -1.65. The third kappa shape index (κ3) is 2.49. The molecule has 0 fully saturated rings. The van der Waals surface area contributed by atoms with Gasteiger partial charge >= 0.3 is 0 Å². The molecule has 102 valence electrons. The van der Waals surface area contributed by atoms with Crippen LogP contribution in [0.2, 0.25) is 5.02 Å². The Balaban J connectivity index is 1.89. The molecule has 0 aliphatic carbocycles. The Bertz CT molecular complexity index is 747. The van der Waals surface area contributed by atoms with Gasteiger partial charge in [-0.2, -0.15) is 0 Å². The van der Waals surface area contributed by atoms with Crippen LogP contribution in [0.5, 0.6) is 0 Å². The van der Waals surface area contributed by atoms with E-state index in [9.17, 15) is 0 Å². The topological polar surface area (TPSA) is 37.8 Å². The molecule has 0 amide bonds. The number of aromatic nitrogens is 2. The van der Waals surface area contributed by atoms with Crippen molar-refractivity contribution in [2.75, 3.05) is 5.32 Å². The number of benzene rings is 1. The van der Waals surface area contributed by atoms with Crippen molar-refractivity contribution in [3.8, 4) is 0 Å². The molecule has 1 aromatic carbocycles. The standard InChI is InChI=1S/C15H14ClN3S/c1-9-10(2)20-14(19-9)8-18-13-6-5-12(16)11-4-3-7-17-15(11)13/h3-7,18H,8H2,1-2H3. The first-order valence-electron chi connectivity index (χ1n) is 6.35. The van der Waals surface area contributed by atoms with Gasteiger partial charge in [-0.1, -0.05) is 11.6 Å². The van der Waals surface area contributed by atoms with Crippen LogP contribution in [0.3, 0.4) is 0 Å².